The van der Waals surface area contributed by atoms with Gasteiger partial charge >= 0.3 is 0 Å². The molecular formula is C15H12Cl2N4. The summed E-state index contributed by atoms with van der Waals surface area (Å²) in [6.45, 7) is 1.87. The van der Waals surface area contributed by atoms with Gasteiger partial charge < -0.3 is 4.98 Å². The Morgan fingerprint density at radius 1 is 1.19 bits per heavy atom. The minimum Gasteiger partial charge on any atom is -0.323 e. The lowest BCUT2D eigenvalue weighted by atomic mass is 10.1. The second kappa shape index (κ2) is 5.76. The quantitative estimate of drug-likeness (QED) is 0.543. The molecule has 0 saturated carbocycles. The molecule has 6 heteroatoms. The first-order valence-electron chi connectivity index (χ1n) is 6.34. The lowest BCUT2D eigenvalue weighted by molar-refractivity contribution is 1.20. The number of hydrazone groups is 1. The highest BCUT2D eigenvalue weighted by Gasteiger charge is 2.05. The predicted molar refractivity (Wildman–Crippen MR) is 88.4 cm³/mol. The molecule has 0 radical (unpaired) electrons. The summed E-state index contributed by atoms with van der Waals surface area (Å²) in [5.74, 6) is 0.584. The van der Waals surface area contributed by atoms with E-state index in [1.807, 2.05) is 37.3 Å². The van der Waals surface area contributed by atoms with Gasteiger partial charge in [0.05, 0.1) is 21.8 Å². The van der Waals surface area contributed by atoms with Gasteiger partial charge in [-0.2, -0.15) is 5.10 Å². The van der Waals surface area contributed by atoms with Crippen LogP contribution in [0.2, 0.25) is 10.0 Å². The number of hydrogen-bond donors (Lipinski definition) is 2. The zero-order valence-electron chi connectivity index (χ0n) is 11.2. The van der Waals surface area contributed by atoms with Crippen LogP contribution in [0.5, 0.6) is 0 Å². The number of fused-ring (bicyclic) bond motifs is 1. The summed E-state index contributed by atoms with van der Waals surface area (Å²) >= 11 is 12.0. The average molecular weight is 319 g/mol. The summed E-state index contributed by atoms with van der Waals surface area (Å²) in [6, 6.07) is 13.1. The van der Waals surface area contributed by atoms with Crippen molar-refractivity contribution < 1.29 is 0 Å². The van der Waals surface area contributed by atoms with Gasteiger partial charge in [0.2, 0.25) is 5.95 Å². The largest absolute Gasteiger partial charge is 0.323 e. The molecule has 4 nitrogen and oxygen atoms in total. The molecule has 3 aromatic rings. The number of hydrogen-bond acceptors (Lipinski definition) is 3. The van der Waals surface area contributed by atoms with Crippen LogP contribution >= 0.6 is 23.2 Å². The predicted octanol–water partition coefficient (Wildman–Crippen LogP) is 4.71. The molecule has 2 N–H and O–H groups in total. The number of halogens is 2. The fourth-order valence-electron chi connectivity index (χ4n) is 1.99. The van der Waals surface area contributed by atoms with Crippen molar-refractivity contribution in [1.82, 2.24) is 9.97 Å². The van der Waals surface area contributed by atoms with E-state index in [1.54, 1.807) is 12.1 Å². The van der Waals surface area contributed by atoms with Crippen LogP contribution in [0, 0.1) is 0 Å². The zero-order valence-corrected chi connectivity index (χ0v) is 12.7. The van der Waals surface area contributed by atoms with Gasteiger partial charge in [-0.25, -0.2) is 10.4 Å². The average Bonchev–Trinajstić information content (AvgIpc) is 2.87. The van der Waals surface area contributed by atoms with E-state index < -0.39 is 0 Å². The van der Waals surface area contributed by atoms with Crippen molar-refractivity contribution in [2.75, 3.05) is 5.43 Å². The van der Waals surface area contributed by atoms with Gasteiger partial charge in [0, 0.05) is 10.6 Å². The van der Waals surface area contributed by atoms with Crippen LogP contribution < -0.4 is 5.43 Å². The van der Waals surface area contributed by atoms with Crippen LogP contribution in [0.4, 0.5) is 5.95 Å². The summed E-state index contributed by atoms with van der Waals surface area (Å²) in [4.78, 5) is 7.53. The third-order valence-electron chi connectivity index (χ3n) is 3.04. The highest BCUT2D eigenvalue weighted by atomic mass is 35.5. The highest BCUT2D eigenvalue weighted by molar-refractivity contribution is 6.37. The normalized spacial score (nSPS) is 11.9. The van der Waals surface area contributed by atoms with Crippen molar-refractivity contribution in [2.45, 2.75) is 6.92 Å². The number of aromatic nitrogens is 2. The molecule has 0 aliphatic rings. The molecule has 0 spiro atoms. The number of benzene rings is 2. The van der Waals surface area contributed by atoms with Gasteiger partial charge in [-0.3, -0.25) is 0 Å². The maximum atomic E-state index is 6.15. The Morgan fingerprint density at radius 2 is 2.00 bits per heavy atom. The van der Waals surface area contributed by atoms with Crippen molar-refractivity contribution in [3.05, 3.63) is 58.1 Å². The molecule has 1 aromatic heterocycles. The van der Waals surface area contributed by atoms with Crippen molar-refractivity contribution in [1.29, 1.82) is 0 Å². The van der Waals surface area contributed by atoms with E-state index in [9.17, 15) is 0 Å². The minimum atomic E-state index is 0.565. The number of rotatable bonds is 3. The van der Waals surface area contributed by atoms with E-state index in [1.165, 1.54) is 0 Å². The minimum absolute atomic E-state index is 0.565. The van der Waals surface area contributed by atoms with Crippen LogP contribution in [-0.4, -0.2) is 15.7 Å². The lowest BCUT2D eigenvalue weighted by Gasteiger charge is -2.04. The Balaban J connectivity index is 1.84. The van der Waals surface area contributed by atoms with Crippen molar-refractivity contribution in [2.24, 2.45) is 5.10 Å². The van der Waals surface area contributed by atoms with Gasteiger partial charge in [0.1, 0.15) is 0 Å². The Bertz CT molecular complexity index is 790. The van der Waals surface area contributed by atoms with Crippen LogP contribution in [0.15, 0.2) is 47.6 Å². The summed E-state index contributed by atoms with van der Waals surface area (Å²) in [7, 11) is 0. The Hall–Kier alpha value is -2.04. The number of aromatic amines is 1. The Labute approximate surface area is 131 Å². The summed E-state index contributed by atoms with van der Waals surface area (Å²) in [5.41, 5.74) is 6.32. The maximum absolute atomic E-state index is 6.15. The van der Waals surface area contributed by atoms with E-state index in [0.717, 1.165) is 22.3 Å². The van der Waals surface area contributed by atoms with Gasteiger partial charge in [-0.05, 0) is 31.2 Å². The second-order valence-electron chi connectivity index (χ2n) is 4.54. The van der Waals surface area contributed by atoms with E-state index in [2.05, 4.69) is 20.5 Å². The molecule has 0 atom stereocenters. The molecule has 0 fully saturated rings. The monoisotopic (exact) mass is 318 g/mol. The summed E-state index contributed by atoms with van der Waals surface area (Å²) in [5, 5.41) is 5.46. The van der Waals surface area contributed by atoms with Gasteiger partial charge in [-0.15, -0.1) is 0 Å². The number of H-pyrrole nitrogens is 1. The van der Waals surface area contributed by atoms with Crippen LogP contribution in [0.1, 0.15) is 12.5 Å². The van der Waals surface area contributed by atoms with E-state index in [-0.39, 0.29) is 0 Å². The second-order valence-corrected chi connectivity index (χ2v) is 5.38. The highest BCUT2D eigenvalue weighted by Crippen LogP contribution is 2.21. The molecule has 0 aliphatic carbocycles. The smallest absolute Gasteiger partial charge is 0.222 e. The van der Waals surface area contributed by atoms with Gasteiger partial charge in [-0.1, -0.05) is 41.4 Å². The first-order chi connectivity index (χ1) is 10.1. The van der Waals surface area contributed by atoms with Crippen molar-refractivity contribution in [3.63, 3.8) is 0 Å². The number of nitrogens with one attached hydrogen (secondary N) is 2. The van der Waals surface area contributed by atoms with Gasteiger partial charge in [0.15, 0.2) is 0 Å². The molecule has 1 heterocycles. The lowest BCUT2D eigenvalue weighted by Crippen LogP contribution is -2.01. The number of para-hydroxylation sites is 2. The van der Waals surface area contributed by atoms with Gasteiger partial charge in [0.25, 0.3) is 0 Å². The zero-order chi connectivity index (χ0) is 14.8. The fraction of sp³-hybridized carbons (Fsp3) is 0.0667. The van der Waals surface area contributed by atoms with Crippen molar-refractivity contribution >= 4 is 45.9 Å². The molecule has 21 heavy (non-hydrogen) atoms. The maximum Gasteiger partial charge on any atom is 0.222 e. The standard InChI is InChI=1S/C15H12Cl2N4/c1-9(11-7-6-10(16)8-12(11)17)20-21-15-18-13-4-2-3-5-14(13)19-15/h2-8H,1H3,(H2,18,19,21)/b20-9+. The first-order valence-corrected chi connectivity index (χ1v) is 7.09. The van der Waals surface area contributed by atoms with Crippen LogP contribution in [0.3, 0.4) is 0 Å². The number of nitrogens with zero attached hydrogens (tertiary/aromatic N) is 2. The summed E-state index contributed by atoms with van der Waals surface area (Å²) in [6.07, 6.45) is 0. The topological polar surface area (TPSA) is 53.1 Å². The van der Waals surface area contributed by atoms with Crippen LogP contribution in [0.25, 0.3) is 11.0 Å². The molecule has 106 valence electrons. The third kappa shape index (κ3) is 3.01. The van der Waals surface area contributed by atoms with E-state index in [4.69, 9.17) is 23.2 Å². The molecular weight excluding hydrogens is 307 g/mol. The first kappa shape index (κ1) is 13.9. The molecule has 3 rings (SSSR count). The molecule has 0 amide bonds. The Kier molecular flexibility index (Phi) is 3.82. The molecule has 0 saturated heterocycles. The fourth-order valence-corrected chi connectivity index (χ4v) is 2.53. The van der Waals surface area contributed by atoms with Crippen LogP contribution in [-0.2, 0) is 0 Å². The summed E-state index contributed by atoms with van der Waals surface area (Å²) < 4.78 is 0. The molecule has 0 bridgehead atoms. The SMILES string of the molecule is C/C(=N\Nc1nc2ccccc2[nH]1)c1ccc(Cl)cc1Cl. The molecule has 0 aliphatic heterocycles. The molecule has 2 aromatic carbocycles. The number of imidazole rings is 1. The van der Waals surface area contributed by atoms with E-state index >= 15 is 0 Å². The van der Waals surface area contributed by atoms with E-state index in [0.29, 0.717) is 16.0 Å². The third-order valence-corrected chi connectivity index (χ3v) is 3.59. The van der Waals surface area contributed by atoms with Crippen molar-refractivity contribution in [3.8, 4) is 0 Å². The Morgan fingerprint density at radius 3 is 2.76 bits per heavy atom. The molecule has 0 unspecified atom stereocenters. The number of anilines is 1.